The van der Waals surface area contributed by atoms with Crippen LogP contribution in [0.15, 0.2) is 24.3 Å². The number of aliphatic carboxylic acids is 1. The minimum Gasteiger partial charge on any atom is -0.480 e. The number of hydrogen-bond acceptors (Lipinski definition) is 3. The summed E-state index contributed by atoms with van der Waals surface area (Å²) < 4.78 is 43.6. The Morgan fingerprint density at radius 3 is 2.81 bits per heavy atom. The fourth-order valence-electron chi connectivity index (χ4n) is 2.29. The van der Waals surface area contributed by atoms with Crippen molar-refractivity contribution < 1.29 is 27.8 Å². The molecule has 0 aromatic heterocycles. The number of hydrogen-bond donors (Lipinski definition) is 1. The molecule has 0 unspecified atom stereocenters. The molecule has 1 aromatic carbocycles. The molecule has 2 atom stereocenters. The number of ether oxygens (including phenoxy) is 1. The quantitative estimate of drug-likeness (QED) is 0.932. The van der Waals surface area contributed by atoms with Crippen LogP contribution >= 0.6 is 0 Å². The number of halogens is 3. The van der Waals surface area contributed by atoms with Crippen LogP contribution < -0.4 is 0 Å². The molecule has 0 aliphatic carbocycles. The fraction of sp³-hybridized carbons (Fsp3) is 0.500. The van der Waals surface area contributed by atoms with E-state index in [9.17, 15) is 18.0 Å². The highest BCUT2D eigenvalue weighted by atomic mass is 19.4. The molecule has 0 bridgehead atoms. The van der Waals surface area contributed by atoms with E-state index >= 15 is 0 Å². The molecule has 1 heterocycles. The Labute approximate surface area is 120 Å². The van der Waals surface area contributed by atoms with Crippen molar-refractivity contribution in [2.75, 3.05) is 19.7 Å². The van der Waals surface area contributed by atoms with Crippen molar-refractivity contribution in [2.45, 2.75) is 25.2 Å². The summed E-state index contributed by atoms with van der Waals surface area (Å²) in [6.45, 7) is 2.55. The SMILES string of the molecule is C[C@@H](C(=O)O)N1CCO[C@@H](c2cccc(C(F)(F)F)c2)C1. The average Bonchev–Trinajstić information content (AvgIpc) is 2.46. The van der Waals surface area contributed by atoms with Gasteiger partial charge in [0.05, 0.1) is 18.3 Å². The summed E-state index contributed by atoms with van der Waals surface area (Å²) in [5.41, 5.74) is -0.320. The first kappa shape index (κ1) is 15.8. The number of carboxylic acids is 1. The highest BCUT2D eigenvalue weighted by molar-refractivity contribution is 5.72. The zero-order valence-corrected chi connectivity index (χ0v) is 11.4. The average molecular weight is 303 g/mol. The third kappa shape index (κ3) is 3.74. The Morgan fingerprint density at radius 1 is 1.48 bits per heavy atom. The van der Waals surface area contributed by atoms with Crippen molar-refractivity contribution in [3.8, 4) is 0 Å². The topological polar surface area (TPSA) is 49.8 Å². The van der Waals surface area contributed by atoms with E-state index in [0.717, 1.165) is 12.1 Å². The summed E-state index contributed by atoms with van der Waals surface area (Å²) in [6.07, 6.45) is -4.96. The molecule has 1 N–H and O–H groups in total. The van der Waals surface area contributed by atoms with Crippen LogP contribution in [0.1, 0.15) is 24.2 Å². The van der Waals surface area contributed by atoms with Gasteiger partial charge < -0.3 is 9.84 Å². The van der Waals surface area contributed by atoms with E-state index in [4.69, 9.17) is 9.84 Å². The van der Waals surface area contributed by atoms with Gasteiger partial charge in [-0.15, -0.1) is 0 Å². The first-order valence-corrected chi connectivity index (χ1v) is 6.54. The first-order valence-electron chi connectivity index (χ1n) is 6.54. The molecule has 116 valence electrons. The third-order valence-corrected chi connectivity index (χ3v) is 3.59. The van der Waals surface area contributed by atoms with Crippen molar-refractivity contribution in [3.63, 3.8) is 0 Å². The summed E-state index contributed by atoms with van der Waals surface area (Å²) in [5, 5.41) is 9.01. The Balaban J connectivity index is 2.16. The normalized spacial score (nSPS) is 22.0. The van der Waals surface area contributed by atoms with Gasteiger partial charge in [0.2, 0.25) is 0 Å². The molecule has 1 fully saturated rings. The van der Waals surface area contributed by atoms with Gasteiger partial charge in [-0.05, 0) is 24.6 Å². The van der Waals surface area contributed by atoms with Crippen molar-refractivity contribution in [1.29, 1.82) is 0 Å². The summed E-state index contributed by atoms with van der Waals surface area (Å²) in [6, 6.07) is 4.27. The van der Waals surface area contributed by atoms with Gasteiger partial charge in [-0.2, -0.15) is 13.2 Å². The second-order valence-corrected chi connectivity index (χ2v) is 4.99. The molecule has 1 aromatic rings. The van der Waals surface area contributed by atoms with Crippen LogP contribution in [0.5, 0.6) is 0 Å². The zero-order chi connectivity index (χ0) is 15.6. The largest absolute Gasteiger partial charge is 0.480 e. The number of carbonyl (C=O) groups is 1. The Morgan fingerprint density at radius 2 is 2.19 bits per heavy atom. The number of rotatable bonds is 3. The molecule has 0 radical (unpaired) electrons. The summed E-state index contributed by atoms with van der Waals surface area (Å²) in [4.78, 5) is 12.7. The Bertz CT molecular complexity index is 518. The highest BCUT2D eigenvalue weighted by Gasteiger charge is 2.33. The highest BCUT2D eigenvalue weighted by Crippen LogP contribution is 2.32. The lowest BCUT2D eigenvalue weighted by Gasteiger charge is -2.35. The van der Waals surface area contributed by atoms with Gasteiger partial charge in [0.15, 0.2) is 0 Å². The van der Waals surface area contributed by atoms with Gasteiger partial charge in [0.25, 0.3) is 0 Å². The number of alkyl halides is 3. The second kappa shape index (κ2) is 6.03. The number of morpholine rings is 1. The minimum atomic E-state index is -4.40. The van der Waals surface area contributed by atoms with Crippen LogP contribution in [-0.4, -0.2) is 41.7 Å². The van der Waals surface area contributed by atoms with Crippen molar-refractivity contribution in [1.82, 2.24) is 4.90 Å². The molecule has 2 rings (SSSR count). The van der Waals surface area contributed by atoms with Crippen LogP contribution in [-0.2, 0) is 15.7 Å². The lowest BCUT2D eigenvalue weighted by molar-refractivity contribution is -0.145. The monoisotopic (exact) mass is 303 g/mol. The van der Waals surface area contributed by atoms with Crippen LogP contribution in [0, 0.1) is 0 Å². The lowest BCUT2D eigenvalue weighted by atomic mass is 10.0. The van der Waals surface area contributed by atoms with E-state index in [1.807, 2.05) is 0 Å². The molecule has 21 heavy (non-hydrogen) atoms. The van der Waals surface area contributed by atoms with Gasteiger partial charge in [-0.25, -0.2) is 0 Å². The fourth-order valence-corrected chi connectivity index (χ4v) is 2.29. The zero-order valence-electron chi connectivity index (χ0n) is 11.4. The van der Waals surface area contributed by atoms with E-state index in [0.29, 0.717) is 18.7 Å². The molecular weight excluding hydrogens is 287 g/mol. The summed E-state index contributed by atoms with van der Waals surface area (Å²) >= 11 is 0. The van der Waals surface area contributed by atoms with Gasteiger partial charge in [0, 0.05) is 13.1 Å². The Hall–Kier alpha value is -1.60. The van der Waals surface area contributed by atoms with Gasteiger partial charge in [-0.1, -0.05) is 12.1 Å². The maximum atomic E-state index is 12.7. The molecule has 1 aliphatic heterocycles. The summed E-state index contributed by atoms with van der Waals surface area (Å²) in [7, 11) is 0. The first-order chi connectivity index (χ1) is 9.79. The van der Waals surface area contributed by atoms with Crippen molar-refractivity contribution in [2.24, 2.45) is 0 Å². The van der Waals surface area contributed by atoms with E-state index in [1.165, 1.54) is 6.07 Å². The molecular formula is C14H16F3NO3. The molecule has 1 saturated heterocycles. The van der Waals surface area contributed by atoms with Gasteiger partial charge in [0.1, 0.15) is 6.04 Å². The van der Waals surface area contributed by atoms with E-state index in [-0.39, 0.29) is 6.54 Å². The molecule has 0 spiro atoms. The van der Waals surface area contributed by atoms with E-state index in [1.54, 1.807) is 17.9 Å². The molecule has 1 aliphatic rings. The van der Waals surface area contributed by atoms with E-state index in [2.05, 4.69) is 0 Å². The van der Waals surface area contributed by atoms with Crippen LogP contribution in [0.25, 0.3) is 0 Å². The van der Waals surface area contributed by atoms with Crippen LogP contribution in [0.3, 0.4) is 0 Å². The van der Waals surface area contributed by atoms with Crippen molar-refractivity contribution >= 4 is 5.97 Å². The van der Waals surface area contributed by atoms with Crippen molar-refractivity contribution in [3.05, 3.63) is 35.4 Å². The van der Waals surface area contributed by atoms with Gasteiger partial charge >= 0.3 is 12.1 Å². The standard InChI is InChI=1S/C14H16F3NO3/c1-9(13(19)20)18-5-6-21-12(8-18)10-3-2-4-11(7-10)14(15,16)17/h2-4,7,9,12H,5-6,8H2,1H3,(H,19,20)/t9-,12+/m0/s1. The van der Waals surface area contributed by atoms with Crippen LogP contribution in [0.2, 0.25) is 0 Å². The Kier molecular flexibility index (Phi) is 4.53. The number of nitrogens with zero attached hydrogens (tertiary/aromatic N) is 1. The predicted molar refractivity (Wildman–Crippen MR) is 68.8 cm³/mol. The molecule has 7 heteroatoms. The minimum absolute atomic E-state index is 0.259. The molecule has 0 amide bonds. The summed E-state index contributed by atoms with van der Waals surface area (Å²) in [5.74, 6) is -0.959. The van der Waals surface area contributed by atoms with Crippen LogP contribution in [0.4, 0.5) is 13.2 Å². The van der Waals surface area contributed by atoms with E-state index < -0.39 is 29.9 Å². The smallest absolute Gasteiger partial charge is 0.416 e. The lowest BCUT2D eigenvalue weighted by Crippen LogP contribution is -2.46. The number of carboxylic acid groups (broad SMARTS) is 1. The molecule has 4 nitrogen and oxygen atoms in total. The maximum absolute atomic E-state index is 12.7. The second-order valence-electron chi connectivity index (χ2n) is 4.99. The maximum Gasteiger partial charge on any atom is 0.416 e. The molecule has 0 saturated carbocycles. The van der Waals surface area contributed by atoms with Gasteiger partial charge in [-0.3, -0.25) is 9.69 Å². The third-order valence-electron chi connectivity index (χ3n) is 3.59. The predicted octanol–water partition coefficient (Wildman–Crippen LogP) is 2.55. The number of benzene rings is 1.